The number of carbonyl (C=O) groups is 1. The molecule has 8 heteroatoms. The van der Waals surface area contributed by atoms with Gasteiger partial charge in [-0.3, -0.25) is 4.79 Å². The summed E-state index contributed by atoms with van der Waals surface area (Å²) < 4.78 is 43.9. The minimum Gasteiger partial charge on any atom is -0.462 e. The molecule has 1 saturated heterocycles. The highest BCUT2D eigenvalue weighted by Gasteiger charge is 2.43. The predicted octanol–water partition coefficient (Wildman–Crippen LogP) is 4.13. The topological polar surface area (TPSA) is 46.3 Å². The van der Waals surface area contributed by atoms with Gasteiger partial charge in [0.25, 0.3) is 5.91 Å². The third kappa shape index (κ3) is 3.26. The Bertz CT molecular complexity index is 694. The zero-order chi connectivity index (χ0) is 16.6. The van der Waals surface area contributed by atoms with Gasteiger partial charge in [0.2, 0.25) is 0 Å². The highest BCUT2D eigenvalue weighted by atomic mass is 32.1. The fourth-order valence-electron chi connectivity index (χ4n) is 2.68. The Morgan fingerprint density at radius 1 is 1.48 bits per heavy atom. The fraction of sp³-hybridized carbons (Fsp3) is 0.467. The van der Waals surface area contributed by atoms with Gasteiger partial charge in [-0.15, -0.1) is 11.3 Å². The number of furan rings is 1. The standard InChI is InChI=1S/C15H15F3N2O2S/c1-9-12(19-13(23-9)11-5-3-7-22-11)14(21)20-6-2-4-10(8-20)15(16,17)18/h3,5,7,10H,2,4,6,8H2,1H3/t10-/m1/s1. The Hall–Kier alpha value is -1.83. The third-order valence-corrected chi connectivity index (χ3v) is 4.89. The predicted molar refractivity (Wildman–Crippen MR) is 79.2 cm³/mol. The van der Waals surface area contributed by atoms with Gasteiger partial charge in [-0.25, -0.2) is 4.98 Å². The van der Waals surface area contributed by atoms with Gasteiger partial charge in [0.05, 0.1) is 12.2 Å². The van der Waals surface area contributed by atoms with Crippen LogP contribution < -0.4 is 0 Å². The molecule has 1 aliphatic rings. The van der Waals surface area contributed by atoms with E-state index in [1.165, 1.54) is 22.5 Å². The Balaban J connectivity index is 1.80. The number of aryl methyl sites for hydroxylation is 1. The summed E-state index contributed by atoms with van der Waals surface area (Å²) in [6.07, 6.45) is -2.34. The lowest BCUT2D eigenvalue weighted by molar-refractivity contribution is -0.184. The molecular formula is C15H15F3N2O2S. The van der Waals surface area contributed by atoms with Crippen LogP contribution in [0.3, 0.4) is 0 Å². The highest BCUT2D eigenvalue weighted by molar-refractivity contribution is 7.15. The Kier molecular flexibility index (Phi) is 4.18. The molecule has 2 aromatic rings. The van der Waals surface area contributed by atoms with Crippen molar-refractivity contribution in [2.75, 3.05) is 13.1 Å². The van der Waals surface area contributed by atoms with Gasteiger partial charge in [-0.1, -0.05) is 0 Å². The average molecular weight is 344 g/mol. The quantitative estimate of drug-likeness (QED) is 0.823. The number of likely N-dealkylation sites (tertiary alicyclic amines) is 1. The van der Waals surface area contributed by atoms with Crippen LogP contribution in [-0.4, -0.2) is 35.1 Å². The molecule has 1 amide bonds. The molecule has 2 aromatic heterocycles. The van der Waals surface area contributed by atoms with Crippen LogP contribution in [-0.2, 0) is 0 Å². The molecule has 1 fully saturated rings. The van der Waals surface area contributed by atoms with Gasteiger partial charge in [-0.05, 0) is 31.9 Å². The number of piperidine rings is 1. The first kappa shape index (κ1) is 16.0. The molecule has 1 atom stereocenters. The Morgan fingerprint density at radius 3 is 2.91 bits per heavy atom. The SMILES string of the molecule is Cc1sc(-c2ccco2)nc1C(=O)N1CCC[C@@H](C(F)(F)F)C1. The van der Waals surface area contributed by atoms with E-state index in [-0.39, 0.29) is 18.7 Å². The van der Waals surface area contributed by atoms with E-state index in [0.717, 1.165) is 0 Å². The van der Waals surface area contributed by atoms with Gasteiger partial charge in [0.1, 0.15) is 5.69 Å². The maximum absolute atomic E-state index is 12.9. The molecule has 3 rings (SSSR count). The molecule has 0 aliphatic carbocycles. The number of carbonyl (C=O) groups excluding carboxylic acids is 1. The van der Waals surface area contributed by atoms with E-state index in [0.29, 0.717) is 28.6 Å². The van der Waals surface area contributed by atoms with Crippen LogP contribution in [0, 0.1) is 12.8 Å². The lowest BCUT2D eigenvalue weighted by Gasteiger charge is -2.33. The molecule has 0 saturated carbocycles. The van der Waals surface area contributed by atoms with Gasteiger partial charge in [0.15, 0.2) is 10.8 Å². The van der Waals surface area contributed by atoms with E-state index in [9.17, 15) is 18.0 Å². The van der Waals surface area contributed by atoms with E-state index in [2.05, 4.69) is 4.98 Å². The first-order valence-electron chi connectivity index (χ1n) is 7.23. The number of rotatable bonds is 2. The van der Waals surface area contributed by atoms with Crippen molar-refractivity contribution >= 4 is 17.2 Å². The fourth-order valence-corrected chi connectivity index (χ4v) is 3.55. The van der Waals surface area contributed by atoms with Crippen LogP contribution in [0.15, 0.2) is 22.8 Å². The van der Waals surface area contributed by atoms with Crippen LogP contribution in [0.1, 0.15) is 28.2 Å². The largest absolute Gasteiger partial charge is 0.462 e. The molecule has 1 aliphatic heterocycles. The van der Waals surface area contributed by atoms with Crippen molar-refractivity contribution in [1.82, 2.24) is 9.88 Å². The van der Waals surface area contributed by atoms with Crippen molar-refractivity contribution in [2.24, 2.45) is 5.92 Å². The number of thiazole rings is 1. The number of alkyl halides is 3. The zero-order valence-corrected chi connectivity index (χ0v) is 13.2. The smallest absolute Gasteiger partial charge is 0.393 e. The van der Waals surface area contributed by atoms with Crippen molar-refractivity contribution in [2.45, 2.75) is 25.9 Å². The van der Waals surface area contributed by atoms with Crippen molar-refractivity contribution in [3.8, 4) is 10.8 Å². The lowest BCUT2D eigenvalue weighted by atomic mass is 9.97. The van der Waals surface area contributed by atoms with E-state index in [1.54, 1.807) is 19.1 Å². The second-order valence-corrected chi connectivity index (χ2v) is 6.74. The summed E-state index contributed by atoms with van der Waals surface area (Å²) in [5.41, 5.74) is 0.212. The van der Waals surface area contributed by atoms with E-state index in [4.69, 9.17) is 4.42 Å². The van der Waals surface area contributed by atoms with Crippen molar-refractivity contribution < 1.29 is 22.4 Å². The highest BCUT2D eigenvalue weighted by Crippen LogP contribution is 2.34. The summed E-state index contributed by atoms with van der Waals surface area (Å²) in [7, 11) is 0. The summed E-state index contributed by atoms with van der Waals surface area (Å²) >= 11 is 1.30. The molecule has 23 heavy (non-hydrogen) atoms. The molecule has 124 valence electrons. The maximum atomic E-state index is 12.9. The second kappa shape index (κ2) is 5.99. The van der Waals surface area contributed by atoms with Crippen LogP contribution in [0.25, 0.3) is 10.8 Å². The van der Waals surface area contributed by atoms with Crippen molar-refractivity contribution in [1.29, 1.82) is 0 Å². The Labute approximate surface area is 134 Å². The molecular weight excluding hydrogens is 329 g/mol. The third-order valence-electron chi connectivity index (χ3n) is 3.90. The van der Waals surface area contributed by atoms with Crippen molar-refractivity contribution in [3.63, 3.8) is 0 Å². The van der Waals surface area contributed by atoms with Gasteiger partial charge in [-0.2, -0.15) is 13.2 Å². The lowest BCUT2D eigenvalue weighted by Crippen LogP contribution is -2.44. The number of nitrogens with zero attached hydrogens (tertiary/aromatic N) is 2. The maximum Gasteiger partial charge on any atom is 0.393 e. The summed E-state index contributed by atoms with van der Waals surface area (Å²) in [6.45, 7) is 1.77. The molecule has 3 heterocycles. The molecule has 0 radical (unpaired) electrons. The summed E-state index contributed by atoms with van der Waals surface area (Å²) in [6, 6.07) is 3.44. The van der Waals surface area contributed by atoms with Crippen LogP contribution in [0.5, 0.6) is 0 Å². The van der Waals surface area contributed by atoms with Crippen LogP contribution >= 0.6 is 11.3 Å². The molecule has 0 N–H and O–H groups in total. The monoisotopic (exact) mass is 344 g/mol. The minimum absolute atomic E-state index is 0.0704. The molecule has 0 spiro atoms. The molecule has 0 aromatic carbocycles. The number of aromatic nitrogens is 1. The van der Waals surface area contributed by atoms with Crippen LogP contribution in [0.2, 0.25) is 0 Å². The average Bonchev–Trinajstić information content (AvgIpc) is 3.15. The summed E-state index contributed by atoms with van der Waals surface area (Å²) in [4.78, 5) is 18.8. The van der Waals surface area contributed by atoms with E-state index >= 15 is 0 Å². The number of halogens is 3. The van der Waals surface area contributed by atoms with E-state index < -0.39 is 18.0 Å². The summed E-state index contributed by atoms with van der Waals surface area (Å²) in [5.74, 6) is -1.35. The van der Waals surface area contributed by atoms with Crippen molar-refractivity contribution in [3.05, 3.63) is 29.0 Å². The zero-order valence-electron chi connectivity index (χ0n) is 12.4. The second-order valence-electron chi connectivity index (χ2n) is 5.53. The van der Waals surface area contributed by atoms with Gasteiger partial charge >= 0.3 is 6.18 Å². The molecule has 0 unspecified atom stereocenters. The minimum atomic E-state index is -4.27. The van der Waals surface area contributed by atoms with E-state index in [1.807, 2.05) is 0 Å². The van der Waals surface area contributed by atoms with Crippen LogP contribution in [0.4, 0.5) is 13.2 Å². The van der Waals surface area contributed by atoms with Gasteiger partial charge < -0.3 is 9.32 Å². The Morgan fingerprint density at radius 2 is 2.26 bits per heavy atom. The number of hydrogen-bond donors (Lipinski definition) is 0. The summed E-state index contributed by atoms with van der Waals surface area (Å²) in [5, 5.41) is 0.556. The first-order chi connectivity index (χ1) is 10.9. The number of amides is 1. The first-order valence-corrected chi connectivity index (χ1v) is 8.05. The number of hydrogen-bond acceptors (Lipinski definition) is 4. The molecule has 4 nitrogen and oxygen atoms in total. The molecule has 0 bridgehead atoms. The van der Waals surface area contributed by atoms with Gasteiger partial charge in [0, 0.05) is 18.0 Å². The normalized spacial score (nSPS) is 19.1.